The van der Waals surface area contributed by atoms with Crippen LogP contribution < -0.4 is 5.32 Å². The van der Waals surface area contributed by atoms with Gasteiger partial charge in [0.15, 0.2) is 0 Å². The minimum Gasteiger partial charge on any atom is -0.388 e. The number of benzene rings is 2. The van der Waals surface area contributed by atoms with Crippen molar-refractivity contribution in [3.63, 3.8) is 0 Å². The SMILES string of the molecule is Cc1nc2c3c(ccc2n1C)[C@@H](OCC(F)F)[C@H](O)[C@@H](c1ccccc1)N3. The Balaban J connectivity index is 1.85. The van der Waals surface area contributed by atoms with Crippen molar-refractivity contribution in [1.82, 2.24) is 9.55 Å². The largest absolute Gasteiger partial charge is 0.388 e. The number of alkyl halides is 2. The molecule has 2 aromatic carbocycles. The number of aliphatic hydroxyl groups is 1. The van der Waals surface area contributed by atoms with E-state index in [0.717, 1.165) is 28.1 Å². The van der Waals surface area contributed by atoms with E-state index in [1.807, 2.05) is 61.0 Å². The molecule has 1 aliphatic heterocycles. The van der Waals surface area contributed by atoms with Gasteiger partial charge >= 0.3 is 0 Å². The second kappa shape index (κ2) is 6.90. The summed E-state index contributed by atoms with van der Waals surface area (Å²) < 4.78 is 33.0. The number of imidazole rings is 1. The highest BCUT2D eigenvalue weighted by atomic mass is 19.3. The maximum atomic E-state index is 12.8. The molecular weight excluding hydrogens is 352 g/mol. The second-order valence-electron chi connectivity index (χ2n) is 6.78. The summed E-state index contributed by atoms with van der Waals surface area (Å²) in [4.78, 5) is 4.62. The predicted octanol–water partition coefficient (Wildman–Crippen LogP) is 3.73. The quantitative estimate of drug-likeness (QED) is 0.732. The van der Waals surface area contributed by atoms with Gasteiger partial charge in [-0.15, -0.1) is 0 Å². The van der Waals surface area contributed by atoms with Crippen LogP contribution in [0.3, 0.4) is 0 Å². The summed E-state index contributed by atoms with van der Waals surface area (Å²) in [5.74, 6) is 0.840. The van der Waals surface area contributed by atoms with Crippen LogP contribution in [0.15, 0.2) is 42.5 Å². The zero-order valence-electron chi connectivity index (χ0n) is 15.1. The lowest BCUT2D eigenvalue weighted by atomic mass is 9.88. The molecule has 0 aliphatic carbocycles. The molecule has 0 saturated heterocycles. The van der Waals surface area contributed by atoms with Gasteiger partial charge in [-0.25, -0.2) is 13.8 Å². The first-order valence-electron chi connectivity index (χ1n) is 8.82. The number of fused-ring (bicyclic) bond motifs is 3. The number of hydrogen-bond donors (Lipinski definition) is 2. The molecule has 0 bridgehead atoms. The maximum absolute atomic E-state index is 12.8. The Morgan fingerprint density at radius 2 is 1.96 bits per heavy atom. The average molecular weight is 373 g/mol. The van der Waals surface area contributed by atoms with E-state index in [1.165, 1.54) is 0 Å². The molecule has 0 unspecified atom stereocenters. The van der Waals surface area contributed by atoms with E-state index in [1.54, 1.807) is 0 Å². The fraction of sp³-hybridized carbons (Fsp3) is 0.350. The molecule has 142 valence electrons. The van der Waals surface area contributed by atoms with Crippen LogP contribution in [0.2, 0.25) is 0 Å². The van der Waals surface area contributed by atoms with E-state index in [9.17, 15) is 13.9 Å². The van der Waals surface area contributed by atoms with Crippen LogP contribution in [-0.2, 0) is 11.8 Å². The standard InChI is InChI=1S/C20H21F2N3O2/c1-11-23-18-14(25(11)2)9-8-13-17(18)24-16(12-6-4-3-5-7-12)19(26)20(13)27-10-15(21)22/h3-9,15-16,19-20,24,26H,10H2,1-2H3/t16-,19-,20-/m1/s1. The molecule has 7 heteroatoms. The molecule has 0 spiro atoms. The minimum atomic E-state index is -2.61. The van der Waals surface area contributed by atoms with Gasteiger partial charge in [-0.2, -0.15) is 0 Å². The molecule has 2 N–H and O–H groups in total. The van der Waals surface area contributed by atoms with Gasteiger partial charge in [0.2, 0.25) is 0 Å². The molecule has 1 aliphatic rings. The van der Waals surface area contributed by atoms with Gasteiger partial charge < -0.3 is 19.7 Å². The molecular formula is C20H21F2N3O2. The molecule has 1 aromatic heterocycles. The molecule has 2 heterocycles. The summed E-state index contributed by atoms with van der Waals surface area (Å²) >= 11 is 0. The van der Waals surface area contributed by atoms with Crippen molar-refractivity contribution in [3.05, 3.63) is 59.4 Å². The molecule has 4 rings (SSSR count). The number of ether oxygens (including phenoxy) is 1. The number of rotatable bonds is 4. The average Bonchev–Trinajstić information content (AvgIpc) is 2.95. The van der Waals surface area contributed by atoms with E-state index < -0.39 is 31.3 Å². The summed E-state index contributed by atoms with van der Waals surface area (Å²) in [7, 11) is 1.92. The van der Waals surface area contributed by atoms with Gasteiger partial charge in [-0.3, -0.25) is 0 Å². The van der Waals surface area contributed by atoms with Crippen LogP contribution in [-0.4, -0.2) is 33.8 Å². The van der Waals surface area contributed by atoms with Crippen LogP contribution in [0.1, 0.15) is 29.1 Å². The normalized spacial score (nSPS) is 22.1. The highest BCUT2D eigenvalue weighted by Gasteiger charge is 2.38. The van der Waals surface area contributed by atoms with E-state index in [0.29, 0.717) is 5.56 Å². The highest BCUT2D eigenvalue weighted by molar-refractivity contribution is 5.92. The third-order valence-corrected chi connectivity index (χ3v) is 5.13. The molecule has 27 heavy (non-hydrogen) atoms. The highest BCUT2D eigenvalue weighted by Crippen LogP contribution is 2.44. The Bertz CT molecular complexity index is 959. The molecule has 0 radical (unpaired) electrons. The van der Waals surface area contributed by atoms with Gasteiger partial charge in [0.25, 0.3) is 6.43 Å². The van der Waals surface area contributed by atoms with E-state index in [-0.39, 0.29) is 0 Å². The monoisotopic (exact) mass is 373 g/mol. The fourth-order valence-corrected chi connectivity index (χ4v) is 3.68. The van der Waals surface area contributed by atoms with E-state index >= 15 is 0 Å². The lowest BCUT2D eigenvalue weighted by Crippen LogP contribution is -2.38. The number of nitrogens with one attached hydrogen (secondary N) is 1. The maximum Gasteiger partial charge on any atom is 0.261 e. The van der Waals surface area contributed by atoms with Gasteiger partial charge in [0.1, 0.15) is 30.2 Å². The summed E-state index contributed by atoms with van der Waals surface area (Å²) in [6, 6.07) is 12.6. The Morgan fingerprint density at radius 1 is 1.22 bits per heavy atom. The number of aliphatic hydroxyl groups excluding tert-OH is 1. The summed E-state index contributed by atoms with van der Waals surface area (Å²) in [5.41, 5.74) is 3.88. The Kier molecular flexibility index (Phi) is 4.57. The summed E-state index contributed by atoms with van der Waals surface area (Å²) in [6.07, 6.45) is -4.49. The first kappa shape index (κ1) is 17.9. The van der Waals surface area contributed by atoms with Crippen LogP contribution in [0, 0.1) is 6.92 Å². The molecule has 0 fully saturated rings. The molecule has 5 nitrogen and oxygen atoms in total. The van der Waals surface area contributed by atoms with Crippen LogP contribution >= 0.6 is 0 Å². The smallest absolute Gasteiger partial charge is 0.261 e. The van der Waals surface area contributed by atoms with Crippen molar-refractivity contribution in [1.29, 1.82) is 0 Å². The third-order valence-electron chi connectivity index (χ3n) is 5.13. The lowest BCUT2D eigenvalue weighted by molar-refractivity contribution is -0.0844. The Hall–Kier alpha value is -2.51. The van der Waals surface area contributed by atoms with E-state index in [4.69, 9.17) is 4.74 Å². The van der Waals surface area contributed by atoms with Crippen molar-refractivity contribution in [2.75, 3.05) is 11.9 Å². The number of nitrogens with zero attached hydrogens (tertiary/aromatic N) is 2. The fourth-order valence-electron chi connectivity index (χ4n) is 3.68. The summed E-state index contributed by atoms with van der Waals surface area (Å²) in [6.45, 7) is 1.17. The van der Waals surface area contributed by atoms with Gasteiger partial charge in [0.05, 0.1) is 17.2 Å². The molecule has 0 saturated carbocycles. The van der Waals surface area contributed by atoms with Crippen LogP contribution in [0.4, 0.5) is 14.5 Å². The number of anilines is 1. The number of aryl methyl sites for hydroxylation is 2. The number of aromatic nitrogens is 2. The predicted molar refractivity (Wildman–Crippen MR) is 99.0 cm³/mol. The lowest BCUT2D eigenvalue weighted by Gasteiger charge is -2.38. The van der Waals surface area contributed by atoms with Crippen molar-refractivity contribution in [2.24, 2.45) is 7.05 Å². The first-order valence-corrected chi connectivity index (χ1v) is 8.82. The van der Waals surface area contributed by atoms with Gasteiger partial charge in [-0.1, -0.05) is 36.4 Å². The Labute approximate surface area is 155 Å². The number of hydrogen-bond acceptors (Lipinski definition) is 4. The topological polar surface area (TPSA) is 59.3 Å². The Morgan fingerprint density at radius 3 is 2.67 bits per heavy atom. The number of halogens is 2. The molecule has 3 atom stereocenters. The molecule has 3 aromatic rings. The van der Waals surface area contributed by atoms with Crippen LogP contribution in [0.5, 0.6) is 0 Å². The van der Waals surface area contributed by atoms with Gasteiger partial charge in [0, 0.05) is 12.6 Å². The summed E-state index contributed by atoms with van der Waals surface area (Å²) in [5, 5.41) is 14.3. The van der Waals surface area contributed by atoms with Crippen molar-refractivity contribution >= 4 is 16.7 Å². The second-order valence-corrected chi connectivity index (χ2v) is 6.78. The zero-order chi connectivity index (χ0) is 19.1. The minimum absolute atomic E-state index is 0.491. The van der Waals surface area contributed by atoms with Gasteiger partial charge in [-0.05, 0) is 18.6 Å². The molecule has 0 amide bonds. The van der Waals surface area contributed by atoms with Crippen molar-refractivity contribution in [3.8, 4) is 0 Å². The van der Waals surface area contributed by atoms with Crippen molar-refractivity contribution < 1.29 is 18.6 Å². The zero-order valence-corrected chi connectivity index (χ0v) is 15.1. The van der Waals surface area contributed by atoms with Crippen molar-refractivity contribution in [2.45, 2.75) is 31.6 Å². The third kappa shape index (κ3) is 3.07. The van der Waals surface area contributed by atoms with E-state index in [2.05, 4.69) is 10.3 Å². The van der Waals surface area contributed by atoms with Crippen LogP contribution in [0.25, 0.3) is 11.0 Å². The first-order chi connectivity index (χ1) is 13.0.